The monoisotopic (exact) mass is 254 g/mol. The van der Waals surface area contributed by atoms with Crippen molar-refractivity contribution in [1.29, 1.82) is 0 Å². The van der Waals surface area contributed by atoms with Crippen LogP contribution in [0.3, 0.4) is 0 Å². The predicted octanol–water partition coefficient (Wildman–Crippen LogP) is 2.90. The Morgan fingerprint density at radius 2 is 2.06 bits per heavy atom. The van der Waals surface area contributed by atoms with E-state index in [1.165, 1.54) is 11.5 Å². The van der Waals surface area contributed by atoms with E-state index in [0.717, 1.165) is 38.7 Å². The fourth-order valence-electron chi connectivity index (χ4n) is 3.38. The Morgan fingerprint density at radius 3 is 2.71 bits per heavy atom. The first kappa shape index (κ1) is 12.0. The van der Waals surface area contributed by atoms with Crippen LogP contribution in [-0.2, 0) is 9.53 Å². The molecule has 3 aliphatic rings. The van der Waals surface area contributed by atoms with Crippen LogP contribution < -0.4 is 0 Å². The van der Waals surface area contributed by atoms with Crippen LogP contribution in [0.1, 0.15) is 39.0 Å². The van der Waals surface area contributed by atoms with Crippen molar-refractivity contribution in [2.24, 2.45) is 17.8 Å². The molecule has 2 saturated heterocycles. The minimum absolute atomic E-state index is 0.0714. The van der Waals surface area contributed by atoms with Crippen molar-refractivity contribution in [3.8, 4) is 0 Å². The highest BCUT2D eigenvalue weighted by atomic mass is 32.2. The summed E-state index contributed by atoms with van der Waals surface area (Å²) in [5, 5.41) is 0. The topological polar surface area (TPSA) is 26.3 Å². The SMILES string of the molecule is CC1CC1C(=O)C1CCOC2(CCSCC2)C1. The van der Waals surface area contributed by atoms with Gasteiger partial charge in [0.05, 0.1) is 5.60 Å². The maximum absolute atomic E-state index is 12.3. The van der Waals surface area contributed by atoms with Crippen molar-refractivity contribution in [2.75, 3.05) is 18.1 Å². The van der Waals surface area contributed by atoms with Gasteiger partial charge in [0.1, 0.15) is 5.78 Å². The van der Waals surface area contributed by atoms with Gasteiger partial charge in [0.15, 0.2) is 0 Å². The Hall–Kier alpha value is -0.0200. The molecule has 0 N–H and O–H groups in total. The zero-order valence-electron chi connectivity index (χ0n) is 10.6. The van der Waals surface area contributed by atoms with Crippen LogP contribution in [0, 0.1) is 17.8 Å². The molecule has 3 rings (SSSR count). The van der Waals surface area contributed by atoms with Crippen LogP contribution in [-0.4, -0.2) is 29.5 Å². The Morgan fingerprint density at radius 1 is 1.35 bits per heavy atom. The number of Topliss-reactive ketones (excluding diaryl/α,β-unsaturated/α-hetero) is 1. The van der Waals surface area contributed by atoms with Gasteiger partial charge in [-0.1, -0.05) is 6.92 Å². The second-order valence-corrected chi connectivity index (χ2v) is 7.28. The number of rotatable bonds is 2. The fraction of sp³-hybridized carbons (Fsp3) is 0.929. The summed E-state index contributed by atoms with van der Waals surface area (Å²) in [7, 11) is 0. The number of carbonyl (C=O) groups is 1. The molecular formula is C14H22O2S. The van der Waals surface area contributed by atoms with Gasteiger partial charge in [-0.3, -0.25) is 4.79 Å². The summed E-state index contributed by atoms with van der Waals surface area (Å²) in [5.41, 5.74) is 0.0714. The first-order valence-corrected chi connectivity index (χ1v) is 8.11. The van der Waals surface area contributed by atoms with Crippen LogP contribution in [0.5, 0.6) is 0 Å². The summed E-state index contributed by atoms with van der Waals surface area (Å²) in [6.07, 6.45) is 5.43. The third-order valence-corrected chi connectivity index (χ3v) is 5.76. The second kappa shape index (κ2) is 4.58. The summed E-state index contributed by atoms with van der Waals surface area (Å²) in [6, 6.07) is 0. The highest BCUT2D eigenvalue weighted by molar-refractivity contribution is 7.99. The van der Waals surface area contributed by atoms with Gasteiger partial charge in [0.25, 0.3) is 0 Å². The summed E-state index contributed by atoms with van der Waals surface area (Å²) in [6.45, 7) is 3.01. The first-order chi connectivity index (χ1) is 8.20. The van der Waals surface area contributed by atoms with E-state index < -0.39 is 0 Å². The Balaban J connectivity index is 1.64. The quantitative estimate of drug-likeness (QED) is 0.758. The van der Waals surface area contributed by atoms with Crippen molar-refractivity contribution in [2.45, 2.75) is 44.6 Å². The van der Waals surface area contributed by atoms with Crippen molar-refractivity contribution in [3.63, 3.8) is 0 Å². The standard InChI is InChI=1S/C14H22O2S/c1-10-8-12(10)13(15)11-2-5-16-14(9-11)3-6-17-7-4-14/h10-12H,2-9H2,1H3. The van der Waals surface area contributed by atoms with Gasteiger partial charge in [-0.25, -0.2) is 0 Å². The maximum Gasteiger partial charge on any atom is 0.139 e. The molecule has 0 aromatic heterocycles. The van der Waals surface area contributed by atoms with Gasteiger partial charge in [-0.05, 0) is 49.5 Å². The smallest absolute Gasteiger partial charge is 0.139 e. The molecule has 1 saturated carbocycles. The van der Waals surface area contributed by atoms with Crippen LogP contribution >= 0.6 is 11.8 Å². The molecule has 0 radical (unpaired) electrons. The summed E-state index contributed by atoms with van der Waals surface area (Å²) >= 11 is 2.03. The van der Waals surface area contributed by atoms with E-state index in [0.29, 0.717) is 23.5 Å². The third-order valence-electron chi connectivity index (χ3n) is 4.77. The number of ketones is 1. The molecule has 2 heterocycles. The maximum atomic E-state index is 12.3. The minimum Gasteiger partial charge on any atom is -0.375 e. The molecule has 2 aliphatic heterocycles. The van der Waals surface area contributed by atoms with E-state index in [1.807, 2.05) is 11.8 Å². The van der Waals surface area contributed by atoms with Crippen molar-refractivity contribution < 1.29 is 9.53 Å². The number of ether oxygens (including phenoxy) is 1. The number of carbonyl (C=O) groups excluding carboxylic acids is 1. The van der Waals surface area contributed by atoms with Gasteiger partial charge in [-0.2, -0.15) is 11.8 Å². The predicted molar refractivity (Wildman–Crippen MR) is 70.2 cm³/mol. The lowest BCUT2D eigenvalue weighted by Gasteiger charge is -2.43. The lowest BCUT2D eigenvalue weighted by atomic mass is 9.79. The average Bonchev–Trinajstić information content (AvgIpc) is 3.06. The molecule has 3 fully saturated rings. The van der Waals surface area contributed by atoms with Crippen LogP contribution in [0.4, 0.5) is 0 Å². The Labute approximate surface area is 108 Å². The Kier molecular flexibility index (Phi) is 3.24. The van der Waals surface area contributed by atoms with E-state index in [-0.39, 0.29) is 5.60 Å². The van der Waals surface area contributed by atoms with Gasteiger partial charge < -0.3 is 4.74 Å². The van der Waals surface area contributed by atoms with Crippen molar-refractivity contribution in [3.05, 3.63) is 0 Å². The summed E-state index contributed by atoms with van der Waals surface area (Å²) in [5.74, 6) is 4.33. The zero-order chi connectivity index (χ0) is 11.9. The Bertz CT molecular complexity index is 304. The average molecular weight is 254 g/mol. The van der Waals surface area contributed by atoms with Gasteiger partial charge >= 0.3 is 0 Å². The molecule has 1 aliphatic carbocycles. The molecule has 0 amide bonds. The van der Waals surface area contributed by atoms with E-state index in [2.05, 4.69) is 6.92 Å². The highest BCUT2D eigenvalue weighted by Crippen LogP contribution is 2.45. The van der Waals surface area contributed by atoms with Crippen LogP contribution in [0.25, 0.3) is 0 Å². The van der Waals surface area contributed by atoms with E-state index in [1.54, 1.807) is 0 Å². The fourth-order valence-corrected chi connectivity index (χ4v) is 4.62. The lowest BCUT2D eigenvalue weighted by Crippen LogP contribution is -2.44. The van der Waals surface area contributed by atoms with Crippen LogP contribution in [0.2, 0.25) is 0 Å². The molecule has 17 heavy (non-hydrogen) atoms. The van der Waals surface area contributed by atoms with Crippen molar-refractivity contribution in [1.82, 2.24) is 0 Å². The number of hydrogen-bond donors (Lipinski definition) is 0. The van der Waals surface area contributed by atoms with E-state index >= 15 is 0 Å². The highest BCUT2D eigenvalue weighted by Gasteiger charge is 2.46. The van der Waals surface area contributed by atoms with E-state index in [4.69, 9.17) is 4.74 Å². The molecule has 3 atom stereocenters. The molecule has 1 spiro atoms. The number of hydrogen-bond acceptors (Lipinski definition) is 3. The van der Waals surface area contributed by atoms with Crippen LogP contribution in [0.15, 0.2) is 0 Å². The molecule has 2 nitrogen and oxygen atoms in total. The minimum atomic E-state index is 0.0714. The normalized spacial score (nSPS) is 40.2. The first-order valence-electron chi connectivity index (χ1n) is 6.96. The summed E-state index contributed by atoms with van der Waals surface area (Å²) in [4.78, 5) is 12.3. The molecule has 3 unspecified atom stereocenters. The largest absolute Gasteiger partial charge is 0.375 e. The van der Waals surface area contributed by atoms with Crippen molar-refractivity contribution >= 4 is 17.5 Å². The lowest BCUT2D eigenvalue weighted by molar-refractivity contribution is -0.139. The molecule has 0 aromatic carbocycles. The second-order valence-electron chi connectivity index (χ2n) is 6.06. The van der Waals surface area contributed by atoms with Gasteiger partial charge in [-0.15, -0.1) is 0 Å². The zero-order valence-corrected chi connectivity index (χ0v) is 11.4. The molecule has 96 valence electrons. The third kappa shape index (κ3) is 2.41. The molecule has 3 heteroatoms. The van der Waals surface area contributed by atoms with E-state index in [9.17, 15) is 4.79 Å². The molecular weight excluding hydrogens is 232 g/mol. The summed E-state index contributed by atoms with van der Waals surface area (Å²) < 4.78 is 6.05. The van der Waals surface area contributed by atoms with Gasteiger partial charge in [0.2, 0.25) is 0 Å². The number of thioether (sulfide) groups is 1. The van der Waals surface area contributed by atoms with Gasteiger partial charge in [0, 0.05) is 18.4 Å². The molecule has 0 bridgehead atoms. The molecule has 0 aromatic rings.